The van der Waals surface area contributed by atoms with Crippen LogP contribution in [0.15, 0.2) is 59.6 Å². The number of halogens is 1. The molecule has 0 spiro atoms. The van der Waals surface area contributed by atoms with Gasteiger partial charge in [0.05, 0.1) is 7.11 Å². The average molecular weight is 466 g/mol. The van der Waals surface area contributed by atoms with Crippen LogP contribution in [-0.2, 0) is 6.54 Å². The van der Waals surface area contributed by atoms with Gasteiger partial charge in [0.2, 0.25) is 0 Å². The third-order valence-electron chi connectivity index (χ3n) is 4.47. The van der Waals surface area contributed by atoms with Crippen LogP contribution in [0.25, 0.3) is 0 Å². The van der Waals surface area contributed by atoms with Crippen LogP contribution in [0.3, 0.4) is 0 Å². The fraction of sp³-hybridized carbons (Fsp3) is 0.350. The molecular weight excluding hydrogens is 439 g/mol. The molecule has 5 nitrogen and oxygen atoms in total. The normalized spacial score (nSPS) is 16.8. The van der Waals surface area contributed by atoms with Crippen molar-refractivity contribution in [3.63, 3.8) is 0 Å². The predicted octanol–water partition coefficient (Wildman–Crippen LogP) is 3.26. The molecule has 1 aliphatic heterocycles. The third-order valence-corrected chi connectivity index (χ3v) is 4.47. The van der Waals surface area contributed by atoms with Gasteiger partial charge in [-0.05, 0) is 36.2 Å². The van der Waals surface area contributed by atoms with Crippen molar-refractivity contribution in [3.8, 4) is 5.75 Å². The lowest BCUT2D eigenvalue weighted by molar-refractivity contribution is 0.414. The summed E-state index contributed by atoms with van der Waals surface area (Å²) in [5, 5.41) is 6.91. The van der Waals surface area contributed by atoms with Gasteiger partial charge < -0.3 is 20.3 Å². The highest BCUT2D eigenvalue weighted by Crippen LogP contribution is 2.19. The molecule has 0 aliphatic carbocycles. The first kappa shape index (κ1) is 20.4. The Kier molecular flexibility index (Phi) is 8.03. The summed E-state index contributed by atoms with van der Waals surface area (Å²) in [5.74, 6) is 1.71. The number of nitrogens with zero attached hydrogens (tertiary/aromatic N) is 2. The summed E-state index contributed by atoms with van der Waals surface area (Å²) in [5.41, 5.74) is 2.45. The van der Waals surface area contributed by atoms with E-state index >= 15 is 0 Å². The molecule has 1 atom stereocenters. The number of hydrogen-bond acceptors (Lipinski definition) is 3. The summed E-state index contributed by atoms with van der Waals surface area (Å²) in [4.78, 5) is 6.76. The Morgan fingerprint density at radius 3 is 2.73 bits per heavy atom. The van der Waals surface area contributed by atoms with Crippen LogP contribution < -0.4 is 20.3 Å². The summed E-state index contributed by atoms with van der Waals surface area (Å²) in [6, 6.07) is 19.0. The number of anilines is 1. The summed E-state index contributed by atoms with van der Waals surface area (Å²) < 4.78 is 5.27. The van der Waals surface area contributed by atoms with E-state index in [-0.39, 0.29) is 24.0 Å². The van der Waals surface area contributed by atoms with Gasteiger partial charge in [-0.2, -0.15) is 0 Å². The number of para-hydroxylation sites is 1. The molecule has 0 radical (unpaired) electrons. The van der Waals surface area contributed by atoms with Crippen molar-refractivity contribution in [3.05, 3.63) is 60.2 Å². The predicted molar refractivity (Wildman–Crippen MR) is 119 cm³/mol. The molecule has 3 rings (SSSR count). The molecule has 1 aliphatic rings. The number of methoxy groups -OCH3 is 1. The molecule has 0 aromatic heterocycles. The first-order chi connectivity index (χ1) is 12.3. The minimum absolute atomic E-state index is 0. The third kappa shape index (κ3) is 5.52. The fourth-order valence-corrected chi connectivity index (χ4v) is 3.11. The maximum absolute atomic E-state index is 5.27. The number of guanidine groups is 1. The van der Waals surface area contributed by atoms with Crippen molar-refractivity contribution in [2.75, 3.05) is 32.1 Å². The van der Waals surface area contributed by atoms with Gasteiger partial charge in [-0.1, -0.05) is 30.3 Å². The Labute approximate surface area is 172 Å². The second-order valence-corrected chi connectivity index (χ2v) is 6.19. The van der Waals surface area contributed by atoms with Crippen molar-refractivity contribution in [1.29, 1.82) is 0 Å². The van der Waals surface area contributed by atoms with Crippen LogP contribution in [0.5, 0.6) is 5.75 Å². The largest absolute Gasteiger partial charge is 0.497 e. The number of ether oxygens (including phenoxy) is 1. The van der Waals surface area contributed by atoms with E-state index in [1.54, 1.807) is 7.11 Å². The SMILES string of the molecule is CN=C(NCc1cccc(OC)c1)NC1CCN(c2ccccc2)C1.I. The molecular formula is C20H27IN4O. The van der Waals surface area contributed by atoms with E-state index < -0.39 is 0 Å². The lowest BCUT2D eigenvalue weighted by Crippen LogP contribution is -2.44. The van der Waals surface area contributed by atoms with Crippen LogP contribution >= 0.6 is 24.0 Å². The van der Waals surface area contributed by atoms with Gasteiger partial charge in [0.15, 0.2) is 5.96 Å². The number of rotatable bonds is 5. The maximum atomic E-state index is 5.27. The van der Waals surface area contributed by atoms with E-state index in [1.165, 1.54) is 11.3 Å². The monoisotopic (exact) mass is 466 g/mol. The Morgan fingerprint density at radius 1 is 1.19 bits per heavy atom. The highest BCUT2D eigenvalue weighted by atomic mass is 127. The lowest BCUT2D eigenvalue weighted by Gasteiger charge is -2.20. The molecule has 140 valence electrons. The van der Waals surface area contributed by atoms with Crippen molar-refractivity contribution in [2.45, 2.75) is 19.0 Å². The number of aliphatic imine (C=N–C) groups is 1. The number of hydrogen-bond donors (Lipinski definition) is 2. The summed E-state index contributed by atoms with van der Waals surface area (Å²) >= 11 is 0. The Hall–Kier alpha value is -1.96. The molecule has 0 bridgehead atoms. The molecule has 1 unspecified atom stereocenters. The van der Waals surface area contributed by atoms with Crippen molar-refractivity contribution >= 4 is 35.6 Å². The summed E-state index contributed by atoms with van der Waals surface area (Å²) in [7, 11) is 3.50. The standard InChI is InChI=1S/C20H26N4O.HI/c1-21-20(22-14-16-7-6-10-19(13-16)25-2)23-17-11-12-24(15-17)18-8-4-3-5-9-18;/h3-10,13,17H,11-12,14-15H2,1-2H3,(H2,21,22,23);1H. The molecule has 0 saturated carbocycles. The second kappa shape index (κ2) is 10.3. The summed E-state index contributed by atoms with van der Waals surface area (Å²) in [6.07, 6.45) is 1.11. The molecule has 1 heterocycles. The molecule has 2 aromatic rings. The highest BCUT2D eigenvalue weighted by Gasteiger charge is 2.23. The quantitative estimate of drug-likeness (QED) is 0.404. The van der Waals surface area contributed by atoms with E-state index in [0.717, 1.165) is 31.2 Å². The van der Waals surface area contributed by atoms with E-state index in [4.69, 9.17) is 4.74 Å². The van der Waals surface area contributed by atoms with E-state index in [1.807, 2.05) is 25.2 Å². The topological polar surface area (TPSA) is 48.9 Å². The van der Waals surface area contributed by atoms with Gasteiger partial charge in [-0.3, -0.25) is 4.99 Å². The smallest absolute Gasteiger partial charge is 0.191 e. The van der Waals surface area contributed by atoms with Gasteiger partial charge in [-0.25, -0.2) is 0 Å². The molecule has 0 amide bonds. The maximum Gasteiger partial charge on any atom is 0.191 e. The van der Waals surface area contributed by atoms with Gasteiger partial charge in [0.1, 0.15) is 5.75 Å². The average Bonchev–Trinajstić information content (AvgIpc) is 3.14. The van der Waals surface area contributed by atoms with Crippen LogP contribution in [0.1, 0.15) is 12.0 Å². The van der Waals surface area contributed by atoms with E-state index in [9.17, 15) is 0 Å². The zero-order valence-corrected chi connectivity index (χ0v) is 17.6. The van der Waals surface area contributed by atoms with Crippen LogP contribution in [0.2, 0.25) is 0 Å². The zero-order chi connectivity index (χ0) is 17.5. The number of nitrogens with one attached hydrogen (secondary N) is 2. The number of benzene rings is 2. The van der Waals surface area contributed by atoms with Gasteiger partial charge in [0, 0.05) is 38.4 Å². The van der Waals surface area contributed by atoms with E-state index in [2.05, 4.69) is 56.9 Å². The summed E-state index contributed by atoms with van der Waals surface area (Å²) in [6.45, 7) is 2.77. The van der Waals surface area contributed by atoms with Gasteiger partial charge in [0.25, 0.3) is 0 Å². The van der Waals surface area contributed by atoms with E-state index in [0.29, 0.717) is 12.6 Å². The first-order valence-electron chi connectivity index (χ1n) is 8.68. The minimum Gasteiger partial charge on any atom is -0.497 e. The van der Waals surface area contributed by atoms with Crippen LogP contribution in [0.4, 0.5) is 5.69 Å². The Balaban J connectivity index is 0.00000243. The Morgan fingerprint density at radius 2 is 2.00 bits per heavy atom. The molecule has 2 N–H and O–H groups in total. The van der Waals surface area contributed by atoms with Crippen LogP contribution in [-0.4, -0.2) is 39.2 Å². The lowest BCUT2D eigenvalue weighted by atomic mass is 10.2. The van der Waals surface area contributed by atoms with Gasteiger partial charge in [-0.15, -0.1) is 24.0 Å². The second-order valence-electron chi connectivity index (χ2n) is 6.19. The highest BCUT2D eigenvalue weighted by molar-refractivity contribution is 14.0. The molecule has 6 heteroatoms. The molecule has 26 heavy (non-hydrogen) atoms. The van der Waals surface area contributed by atoms with Gasteiger partial charge >= 0.3 is 0 Å². The van der Waals surface area contributed by atoms with Crippen molar-refractivity contribution in [1.82, 2.24) is 10.6 Å². The van der Waals surface area contributed by atoms with Crippen molar-refractivity contribution in [2.24, 2.45) is 4.99 Å². The fourth-order valence-electron chi connectivity index (χ4n) is 3.11. The van der Waals surface area contributed by atoms with Crippen molar-refractivity contribution < 1.29 is 4.74 Å². The first-order valence-corrected chi connectivity index (χ1v) is 8.68. The zero-order valence-electron chi connectivity index (χ0n) is 15.3. The molecule has 2 aromatic carbocycles. The molecule has 1 saturated heterocycles. The Bertz CT molecular complexity index is 708. The van der Waals surface area contributed by atoms with Crippen LogP contribution in [0, 0.1) is 0 Å². The minimum atomic E-state index is 0. The molecule has 1 fully saturated rings.